The molecule has 0 fully saturated rings. The van der Waals surface area contributed by atoms with E-state index >= 15 is 0 Å². The Kier molecular flexibility index (Phi) is 6.50. The van der Waals surface area contributed by atoms with E-state index in [1.165, 1.54) is 13.1 Å². The number of benzene rings is 1. The molecule has 6 heteroatoms. The molecule has 0 atom stereocenters. The van der Waals surface area contributed by atoms with Gasteiger partial charge in [-0.3, -0.25) is 0 Å². The van der Waals surface area contributed by atoms with Crippen molar-refractivity contribution in [1.82, 2.24) is 0 Å². The van der Waals surface area contributed by atoms with Gasteiger partial charge in [-0.05, 0) is 31.7 Å². The Morgan fingerprint density at radius 2 is 1.65 bits per heavy atom. The number of carbonyl (C=O) groups is 1. The Hall–Kier alpha value is -1.95. The van der Waals surface area contributed by atoms with Gasteiger partial charge in [0, 0.05) is 0 Å². The third kappa shape index (κ3) is 5.07. The van der Waals surface area contributed by atoms with Crippen LogP contribution in [0.2, 0.25) is 0 Å². The van der Waals surface area contributed by atoms with Crippen molar-refractivity contribution in [3.63, 3.8) is 0 Å². The maximum absolute atomic E-state index is 10.7. The monoisotopic (exact) mass is 243 g/mol. The highest BCUT2D eigenvalue weighted by atomic mass is 16.4. The number of carboxylic acids is 1. The number of phenolic OH excluding ortho intramolecular Hbond substituents is 2. The molecule has 5 N–H and O–H groups in total. The molecule has 0 saturated carbocycles. The maximum Gasteiger partial charge on any atom is 0.335 e. The minimum Gasteiger partial charge on any atom is -0.867 e. The molecule has 1 aromatic rings. The number of hydrogen-bond acceptors (Lipinski definition) is 4. The van der Waals surface area contributed by atoms with Gasteiger partial charge in [0.05, 0.1) is 18.7 Å². The van der Waals surface area contributed by atoms with Crippen LogP contribution in [0.5, 0.6) is 17.2 Å². The van der Waals surface area contributed by atoms with Crippen LogP contribution in [0.3, 0.4) is 0 Å². The van der Waals surface area contributed by atoms with E-state index in [-0.39, 0.29) is 5.56 Å². The van der Waals surface area contributed by atoms with Gasteiger partial charge in [-0.15, -0.1) is 0 Å². The lowest BCUT2D eigenvalue weighted by molar-refractivity contribution is -0.648. The van der Waals surface area contributed by atoms with Crippen molar-refractivity contribution in [2.75, 3.05) is 13.1 Å². The molecule has 0 saturated heterocycles. The number of rotatable bonds is 3. The first-order valence-electron chi connectivity index (χ1n) is 5.21. The van der Waals surface area contributed by atoms with Gasteiger partial charge in [-0.2, -0.15) is 0 Å². The molecule has 6 nitrogen and oxygen atoms in total. The zero-order chi connectivity index (χ0) is 13.4. The van der Waals surface area contributed by atoms with Gasteiger partial charge < -0.3 is 25.7 Å². The lowest BCUT2D eigenvalue weighted by Gasteiger charge is -2.10. The quantitative estimate of drug-likeness (QED) is 0.568. The highest BCUT2D eigenvalue weighted by Gasteiger charge is 2.07. The molecule has 0 heterocycles. The molecule has 96 valence electrons. The van der Waals surface area contributed by atoms with E-state index in [0.29, 0.717) is 0 Å². The molecule has 0 aromatic heterocycles. The number of hydrogen-bond donors (Lipinski definition) is 4. The third-order valence-corrected chi connectivity index (χ3v) is 1.87. The number of carboxylic acid groups (broad SMARTS) is 1. The van der Waals surface area contributed by atoms with Crippen LogP contribution in [0.25, 0.3) is 0 Å². The van der Waals surface area contributed by atoms with E-state index in [2.05, 4.69) is 19.2 Å². The number of aromatic hydroxyl groups is 2. The van der Waals surface area contributed by atoms with E-state index in [4.69, 9.17) is 15.3 Å². The molecule has 0 spiro atoms. The average Bonchev–Trinajstić information content (AvgIpc) is 2.27. The minimum atomic E-state index is -1.32. The maximum atomic E-state index is 10.7. The van der Waals surface area contributed by atoms with Crippen LogP contribution >= 0.6 is 0 Å². The van der Waals surface area contributed by atoms with E-state index < -0.39 is 23.2 Å². The van der Waals surface area contributed by atoms with Crippen molar-refractivity contribution in [3.8, 4) is 17.2 Å². The summed E-state index contributed by atoms with van der Waals surface area (Å²) in [4.78, 5) is 10.3. The van der Waals surface area contributed by atoms with Crippen molar-refractivity contribution in [1.29, 1.82) is 0 Å². The summed E-state index contributed by atoms with van der Waals surface area (Å²) >= 11 is 0. The summed E-state index contributed by atoms with van der Waals surface area (Å²) in [5, 5.41) is 38.9. The Balaban J connectivity index is 0.000000437. The molecule has 0 bridgehead atoms. The van der Waals surface area contributed by atoms with Crippen molar-refractivity contribution in [3.05, 3.63) is 17.7 Å². The molecular weight excluding hydrogens is 226 g/mol. The molecule has 0 aliphatic heterocycles. The highest BCUT2D eigenvalue weighted by molar-refractivity contribution is 5.89. The summed E-state index contributed by atoms with van der Waals surface area (Å²) in [5.41, 5.74) is -0.329. The van der Waals surface area contributed by atoms with Crippen LogP contribution in [-0.4, -0.2) is 34.4 Å². The van der Waals surface area contributed by atoms with Crippen LogP contribution in [0, 0.1) is 0 Å². The van der Waals surface area contributed by atoms with Gasteiger partial charge >= 0.3 is 5.97 Å². The van der Waals surface area contributed by atoms with Crippen molar-refractivity contribution in [2.24, 2.45) is 0 Å². The number of phenols is 2. The van der Waals surface area contributed by atoms with E-state index in [0.717, 1.165) is 12.1 Å². The van der Waals surface area contributed by atoms with Crippen LogP contribution in [-0.2, 0) is 0 Å². The van der Waals surface area contributed by atoms with Crippen LogP contribution in [0.4, 0.5) is 0 Å². The SMILES string of the molecule is CC[NH2+]CC.O=C(O)c1cc(O)c([O-])c(O)c1. The number of quaternary nitrogens is 1. The zero-order valence-electron chi connectivity index (χ0n) is 9.80. The van der Waals surface area contributed by atoms with Crippen molar-refractivity contribution in [2.45, 2.75) is 13.8 Å². The third-order valence-electron chi connectivity index (χ3n) is 1.87. The molecule has 0 radical (unpaired) electrons. The van der Waals surface area contributed by atoms with Gasteiger partial charge in [-0.1, -0.05) is 0 Å². The van der Waals surface area contributed by atoms with E-state index in [1.807, 2.05) is 0 Å². The summed E-state index contributed by atoms with van der Waals surface area (Å²) in [5.74, 6) is -3.83. The molecule has 0 amide bonds. The lowest BCUT2D eigenvalue weighted by atomic mass is 10.2. The van der Waals surface area contributed by atoms with E-state index in [9.17, 15) is 9.90 Å². The smallest absolute Gasteiger partial charge is 0.335 e. The van der Waals surface area contributed by atoms with Gasteiger partial charge in [0.2, 0.25) is 0 Å². The summed E-state index contributed by atoms with van der Waals surface area (Å²) in [6.07, 6.45) is 0. The van der Waals surface area contributed by atoms with Crippen molar-refractivity contribution < 1.29 is 30.5 Å². The normalized spacial score (nSPS) is 9.29. The Labute approximate surface area is 99.2 Å². The molecule has 0 unspecified atom stereocenters. The second kappa shape index (κ2) is 7.34. The van der Waals surface area contributed by atoms with Crippen LogP contribution < -0.4 is 10.4 Å². The van der Waals surface area contributed by atoms with Crippen molar-refractivity contribution >= 4 is 5.97 Å². The number of aromatic carboxylic acids is 1. The van der Waals surface area contributed by atoms with Gasteiger partial charge in [0.15, 0.2) is 0 Å². The largest absolute Gasteiger partial charge is 0.867 e. The fourth-order valence-corrected chi connectivity index (χ4v) is 1.01. The first-order chi connectivity index (χ1) is 7.93. The Morgan fingerprint density at radius 3 is 1.88 bits per heavy atom. The second-order valence-corrected chi connectivity index (χ2v) is 3.25. The second-order valence-electron chi connectivity index (χ2n) is 3.25. The predicted molar refractivity (Wildman–Crippen MR) is 59.2 cm³/mol. The fraction of sp³-hybridized carbons (Fsp3) is 0.364. The summed E-state index contributed by atoms with van der Waals surface area (Å²) in [6.45, 7) is 6.75. The average molecular weight is 243 g/mol. The zero-order valence-corrected chi connectivity index (χ0v) is 9.80. The molecule has 1 aromatic carbocycles. The molecule has 1 rings (SSSR count). The summed E-state index contributed by atoms with van der Waals surface area (Å²) < 4.78 is 0. The van der Waals surface area contributed by atoms with Crippen LogP contribution in [0.15, 0.2) is 12.1 Å². The molecule has 0 aliphatic carbocycles. The highest BCUT2D eigenvalue weighted by Crippen LogP contribution is 2.32. The topological polar surface area (TPSA) is 117 Å². The molecule has 17 heavy (non-hydrogen) atoms. The summed E-state index contributed by atoms with van der Waals surface area (Å²) in [7, 11) is 0. The molecule has 0 aliphatic rings. The van der Waals surface area contributed by atoms with E-state index in [1.54, 1.807) is 0 Å². The number of nitrogens with two attached hydrogens (primary N) is 1. The first kappa shape index (κ1) is 15.0. The van der Waals surface area contributed by atoms with Gasteiger partial charge in [-0.25, -0.2) is 4.79 Å². The standard InChI is InChI=1S/C7H6O5.C4H11N/c8-4-1-3(7(11)12)2-5(9)6(4)10;1-3-5-4-2/h1-2,8-10H,(H,11,12);5H,3-4H2,1-2H3. The van der Waals surface area contributed by atoms with Gasteiger partial charge in [0.1, 0.15) is 11.5 Å². The lowest BCUT2D eigenvalue weighted by Crippen LogP contribution is -2.82. The fourth-order valence-electron chi connectivity index (χ4n) is 1.01. The van der Waals surface area contributed by atoms with Crippen LogP contribution in [0.1, 0.15) is 24.2 Å². The Bertz CT molecular complexity index is 353. The molecular formula is C11H17NO5. The first-order valence-corrected chi connectivity index (χ1v) is 5.21. The van der Waals surface area contributed by atoms with Gasteiger partial charge in [0.25, 0.3) is 0 Å². The predicted octanol–water partition coefficient (Wildman–Crippen LogP) is -0.541. The minimum absolute atomic E-state index is 0.329. The Morgan fingerprint density at radius 1 is 1.24 bits per heavy atom. The summed E-state index contributed by atoms with van der Waals surface area (Å²) in [6, 6.07) is 1.56.